The van der Waals surface area contributed by atoms with Gasteiger partial charge in [-0.3, -0.25) is 4.79 Å². The van der Waals surface area contributed by atoms with Gasteiger partial charge in [0.1, 0.15) is 0 Å². The minimum absolute atomic E-state index is 0.0229. The lowest BCUT2D eigenvalue weighted by Crippen LogP contribution is -2.14. The molecule has 0 heterocycles. The van der Waals surface area contributed by atoms with E-state index in [2.05, 4.69) is 55.0 Å². The fraction of sp³-hybridized carbons (Fsp3) is 0.316. The Bertz CT molecular complexity index is 729. The number of hydrogen-bond acceptors (Lipinski definition) is 2. The fourth-order valence-electron chi connectivity index (χ4n) is 2.45. The number of rotatable bonds is 4. The molecule has 0 aliphatic heterocycles. The molecule has 122 valence electrons. The highest BCUT2D eigenvalue weighted by atomic mass is 79.9. The average Bonchev–Trinajstić information content (AvgIpc) is 2.49. The molecule has 0 spiro atoms. The zero-order valence-corrected chi connectivity index (χ0v) is 16.6. The molecule has 0 radical (unpaired) electrons. The maximum Gasteiger partial charge on any atom is 0.234 e. The van der Waals surface area contributed by atoms with Crippen molar-refractivity contribution in [3.8, 4) is 0 Å². The van der Waals surface area contributed by atoms with Gasteiger partial charge in [-0.1, -0.05) is 22.0 Å². The maximum absolute atomic E-state index is 12.2. The number of anilines is 1. The summed E-state index contributed by atoms with van der Waals surface area (Å²) in [5.41, 5.74) is 7.04. The van der Waals surface area contributed by atoms with Crippen LogP contribution in [0.3, 0.4) is 0 Å². The van der Waals surface area contributed by atoms with Gasteiger partial charge < -0.3 is 5.32 Å². The molecule has 0 fully saturated rings. The second-order valence-corrected chi connectivity index (χ2v) is 7.73. The molecular formula is C19H22BrNOS. The number of thioether (sulfide) groups is 1. The number of halogens is 1. The van der Waals surface area contributed by atoms with E-state index in [4.69, 9.17) is 0 Å². The molecule has 0 atom stereocenters. The molecule has 0 bridgehead atoms. The van der Waals surface area contributed by atoms with Gasteiger partial charge in [-0.05, 0) is 80.6 Å². The number of aryl methyl sites for hydroxylation is 3. The van der Waals surface area contributed by atoms with Crippen LogP contribution < -0.4 is 5.32 Å². The Morgan fingerprint density at radius 2 is 1.61 bits per heavy atom. The van der Waals surface area contributed by atoms with Crippen molar-refractivity contribution in [2.45, 2.75) is 39.5 Å². The number of carbonyl (C=O) groups excluding carboxylic acids is 1. The maximum atomic E-state index is 12.2. The van der Waals surface area contributed by atoms with Gasteiger partial charge in [0.25, 0.3) is 0 Å². The van der Waals surface area contributed by atoms with E-state index >= 15 is 0 Å². The summed E-state index contributed by atoms with van der Waals surface area (Å²) in [6, 6.07) is 8.04. The number of amides is 1. The van der Waals surface area contributed by atoms with Gasteiger partial charge in [0.05, 0.1) is 5.75 Å². The summed E-state index contributed by atoms with van der Waals surface area (Å²) in [4.78, 5) is 13.5. The van der Waals surface area contributed by atoms with Crippen molar-refractivity contribution in [1.29, 1.82) is 0 Å². The summed E-state index contributed by atoms with van der Waals surface area (Å²) in [5.74, 6) is 0.439. The molecule has 0 saturated carbocycles. The predicted octanol–water partition coefficient (Wildman–Crippen LogP) is 5.72. The van der Waals surface area contributed by atoms with Crippen molar-refractivity contribution >= 4 is 39.3 Å². The topological polar surface area (TPSA) is 29.1 Å². The first-order valence-electron chi connectivity index (χ1n) is 7.55. The molecule has 0 aliphatic carbocycles. The van der Waals surface area contributed by atoms with E-state index in [1.807, 2.05) is 25.1 Å². The molecule has 2 aromatic rings. The molecule has 1 N–H and O–H groups in total. The van der Waals surface area contributed by atoms with Crippen LogP contribution in [0.25, 0.3) is 0 Å². The van der Waals surface area contributed by atoms with E-state index in [0.717, 1.165) is 15.7 Å². The summed E-state index contributed by atoms with van der Waals surface area (Å²) in [7, 11) is 0. The van der Waals surface area contributed by atoms with E-state index in [9.17, 15) is 4.79 Å². The minimum Gasteiger partial charge on any atom is -0.325 e. The van der Waals surface area contributed by atoms with Gasteiger partial charge in [0.2, 0.25) is 5.91 Å². The van der Waals surface area contributed by atoms with Crippen molar-refractivity contribution < 1.29 is 4.79 Å². The van der Waals surface area contributed by atoms with E-state index in [1.165, 1.54) is 27.1 Å². The van der Waals surface area contributed by atoms with Crippen LogP contribution in [0.1, 0.15) is 27.8 Å². The van der Waals surface area contributed by atoms with Crippen molar-refractivity contribution in [2.24, 2.45) is 0 Å². The Kier molecular flexibility index (Phi) is 5.93. The van der Waals surface area contributed by atoms with Crippen LogP contribution in [0.15, 0.2) is 33.6 Å². The van der Waals surface area contributed by atoms with Crippen LogP contribution in [0.4, 0.5) is 5.69 Å². The largest absolute Gasteiger partial charge is 0.325 e. The quantitative estimate of drug-likeness (QED) is 0.674. The molecule has 0 aromatic heterocycles. The third-order valence-corrected chi connectivity index (χ3v) is 6.28. The van der Waals surface area contributed by atoms with Crippen molar-refractivity contribution in [3.05, 3.63) is 56.6 Å². The lowest BCUT2D eigenvalue weighted by atomic mass is 10.0. The highest BCUT2D eigenvalue weighted by Crippen LogP contribution is 2.31. The van der Waals surface area contributed by atoms with Crippen LogP contribution in [0.2, 0.25) is 0 Å². The van der Waals surface area contributed by atoms with E-state index in [1.54, 1.807) is 11.8 Å². The summed E-state index contributed by atoms with van der Waals surface area (Å²) in [5, 5.41) is 2.97. The highest BCUT2D eigenvalue weighted by Gasteiger charge is 2.11. The number of nitrogens with one attached hydrogen (secondary N) is 1. The zero-order valence-electron chi connectivity index (χ0n) is 14.2. The molecule has 0 saturated heterocycles. The van der Waals surface area contributed by atoms with Crippen molar-refractivity contribution in [1.82, 2.24) is 0 Å². The fourth-order valence-corrected chi connectivity index (χ4v) is 3.80. The Hall–Kier alpha value is -1.26. The van der Waals surface area contributed by atoms with Crippen LogP contribution in [-0.4, -0.2) is 11.7 Å². The monoisotopic (exact) mass is 391 g/mol. The zero-order chi connectivity index (χ0) is 17.1. The van der Waals surface area contributed by atoms with Crippen LogP contribution in [-0.2, 0) is 4.79 Å². The van der Waals surface area contributed by atoms with Crippen LogP contribution in [0, 0.1) is 34.6 Å². The number of hydrogen-bond donors (Lipinski definition) is 1. The first kappa shape index (κ1) is 18.1. The van der Waals surface area contributed by atoms with Crippen LogP contribution in [0.5, 0.6) is 0 Å². The van der Waals surface area contributed by atoms with E-state index < -0.39 is 0 Å². The first-order chi connectivity index (χ1) is 10.8. The highest BCUT2D eigenvalue weighted by molar-refractivity contribution is 9.10. The molecule has 2 rings (SSSR count). The smallest absolute Gasteiger partial charge is 0.234 e. The Morgan fingerprint density at radius 1 is 1.00 bits per heavy atom. The average molecular weight is 392 g/mol. The van der Waals surface area contributed by atoms with Gasteiger partial charge in [-0.15, -0.1) is 11.8 Å². The lowest BCUT2D eigenvalue weighted by molar-refractivity contribution is -0.113. The Balaban J connectivity index is 2.06. The summed E-state index contributed by atoms with van der Waals surface area (Å²) in [6.45, 7) is 10.5. The van der Waals surface area contributed by atoms with Crippen LogP contribution >= 0.6 is 27.7 Å². The van der Waals surface area contributed by atoms with Gasteiger partial charge >= 0.3 is 0 Å². The summed E-state index contributed by atoms with van der Waals surface area (Å²) >= 11 is 5.08. The summed E-state index contributed by atoms with van der Waals surface area (Å²) < 4.78 is 1.05. The minimum atomic E-state index is 0.0229. The third-order valence-electron chi connectivity index (χ3n) is 4.09. The molecule has 2 nitrogen and oxygen atoms in total. The van der Waals surface area contributed by atoms with Gasteiger partial charge in [0, 0.05) is 15.1 Å². The number of benzene rings is 2. The SMILES string of the molecule is Cc1cc(NC(=O)CSc2c(C)c(C)cc(C)c2C)ccc1Br. The lowest BCUT2D eigenvalue weighted by Gasteiger charge is -2.14. The molecule has 0 unspecified atom stereocenters. The second-order valence-electron chi connectivity index (χ2n) is 5.89. The molecule has 23 heavy (non-hydrogen) atoms. The van der Waals surface area contributed by atoms with Gasteiger partial charge in [-0.25, -0.2) is 0 Å². The first-order valence-corrected chi connectivity index (χ1v) is 9.33. The molecule has 4 heteroatoms. The van der Waals surface area contributed by atoms with E-state index in [-0.39, 0.29) is 5.91 Å². The number of carbonyl (C=O) groups is 1. The van der Waals surface area contributed by atoms with E-state index in [0.29, 0.717) is 5.75 Å². The van der Waals surface area contributed by atoms with Gasteiger partial charge in [-0.2, -0.15) is 0 Å². The Morgan fingerprint density at radius 3 is 2.17 bits per heavy atom. The summed E-state index contributed by atoms with van der Waals surface area (Å²) in [6.07, 6.45) is 0. The van der Waals surface area contributed by atoms with Crippen molar-refractivity contribution in [2.75, 3.05) is 11.1 Å². The normalized spacial score (nSPS) is 10.7. The molecule has 1 amide bonds. The predicted molar refractivity (Wildman–Crippen MR) is 104 cm³/mol. The molecule has 0 aliphatic rings. The standard InChI is InChI=1S/C19H22BrNOS/c1-11-8-12(2)15(5)19(14(11)4)23-10-18(22)21-16-6-7-17(20)13(3)9-16/h6-9H,10H2,1-5H3,(H,21,22). The van der Waals surface area contributed by atoms with Gasteiger partial charge in [0.15, 0.2) is 0 Å². The molecular weight excluding hydrogens is 370 g/mol. The second kappa shape index (κ2) is 7.54. The third kappa shape index (κ3) is 4.39. The molecule has 2 aromatic carbocycles. The Labute approximate surface area is 151 Å². The van der Waals surface area contributed by atoms with Crippen molar-refractivity contribution in [3.63, 3.8) is 0 Å².